The van der Waals surface area contributed by atoms with Crippen molar-refractivity contribution in [2.75, 3.05) is 0 Å². The molecule has 374 valence electrons. The largest absolute Gasteiger partial charge is 0.302 e. The number of nitrogens with zero attached hydrogens (tertiary/aromatic N) is 10. The molecule has 0 saturated heterocycles. The minimum atomic E-state index is 0.525. The van der Waals surface area contributed by atoms with Crippen molar-refractivity contribution in [1.29, 1.82) is 0 Å². The van der Waals surface area contributed by atoms with Crippen LogP contribution in [0.25, 0.3) is 146 Å². The average Bonchev–Trinajstić information content (AvgIpc) is 4.31. The molecule has 0 aliphatic carbocycles. The third kappa shape index (κ3) is 7.20. The van der Waals surface area contributed by atoms with Crippen molar-refractivity contribution < 1.29 is 0 Å². The van der Waals surface area contributed by atoms with E-state index < -0.39 is 0 Å². The predicted molar refractivity (Wildman–Crippen MR) is 322 cm³/mol. The number of hydrogen-bond acceptors (Lipinski definition) is 6. The fourth-order valence-electron chi connectivity index (χ4n) is 11.8. The molecule has 10 heteroatoms. The van der Waals surface area contributed by atoms with E-state index in [4.69, 9.17) is 29.9 Å². The maximum absolute atomic E-state index is 5.34. The maximum atomic E-state index is 5.34. The van der Waals surface area contributed by atoms with Crippen molar-refractivity contribution >= 4 is 54.9 Å². The summed E-state index contributed by atoms with van der Waals surface area (Å²) in [5.41, 5.74) is 16.2. The number of aromatic nitrogens is 10. The fraction of sp³-hybridized carbons (Fsp3) is 0. The summed E-state index contributed by atoms with van der Waals surface area (Å²) in [7, 11) is 0. The molecule has 0 aliphatic heterocycles. The van der Waals surface area contributed by atoms with Crippen LogP contribution in [-0.2, 0) is 0 Å². The van der Waals surface area contributed by atoms with Gasteiger partial charge in [-0.2, -0.15) is 19.9 Å². The van der Waals surface area contributed by atoms with E-state index in [2.05, 4.69) is 212 Å². The Bertz CT molecular complexity index is 4590. The van der Waals surface area contributed by atoms with Gasteiger partial charge in [-0.05, 0) is 70.8 Å². The quantitative estimate of drug-likeness (QED) is 0.143. The highest BCUT2D eigenvalue weighted by Crippen LogP contribution is 2.47. The zero-order valence-corrected chi connectivity index (χ0v) is 42.9. The second-order valence-corrected chi connectivity index (χ2v) is 20.0. The lowest BCUT2D eigenvalue weighted by molar-refractivity contribution is 0.938. The number of pyridine rings is 2. The van der Waals surface area contributed by atoms with E-state index in [0.29, 0.717) is 35.2 Å². The van der Waals surface area contributed by atoms with Gasteiger partial charge in [-0.1, -0.05) is 206 Å². The number of benzene rings is 8. The van der Waals surface area contributed by atoms with Crippen LogP contribution in [-0.4, -0.2) is 47.8 Å². The molecule has 10 nitrogen and oxygen atoms in total. The molecule has 0 aliphatic rings. The Hall–Kier alpha value is -11.1. The number of rotatable bonds is 9. The molecule has 0 saturated carbocycles. The van der Waals surface area contributed by atoms with E-state index in [1.807, 2.05) is 72.8 Å². The van der Waals surface area contributed by atoms with Gasteiger partial charge in [-0.25, -0.2) is 9.97 Å². The fourth-order valence-corrected chi connectivity index (χ4v) is 11.8. The highest BCUT2D eigenvalue weighted by Gasteiger charge is 2.28. The van der Waals surface area contributed by atoms with E-state index in [9.17, 15) is 0 Å². The van der Waals surface area contributed by atoms with Gasteiger partial charge in [0.05, 0.1) is 22.1 Å². The molecule has 0 atom stereocenters. The van der Waals surface area contributed by atoms with E-state index >= 15 is 0 Å². The smallest absolute Gasteiger partial charge is 0.239 e. The first kappa shape index (κ1) is 45.1. The molecule has 8 aromatic carbocycles. The molecule has 0 N–H and O–H groups in total. The van der Waals surface area contributed by atoms with Crippen LogP contribution in [0.4, 0.5) is 0 Å². The first-order valence-electron chi connectivity index (χ1n) is 26.7. The van der Waals surface area contributed by atoms with Gasteiger partial charge in [0.15, 0.2) is 23.3 Å². The van der Waals surface area contributed by atoms with Crippen molar-refractivity contribution in [3.63, 3.8) is 0 Å². The third-order valence-corrected chi connectivity index (χ3v) is 15.3. The second kappa shape index (κ2) is 18.3. The Morgan fingerprint density at radius 2 is 0.537 bits per heavy atom. The van der Waals surface area contributed by atoms with Gasteiger partial charge in [-0.3, -0.25) is 9.13 Å². The zero-order valence-electron chi connectivity index (χ0n) is 42.9. The summed E-state index contributed by atoms with van der Waals surface area (Å²) in [6, 6.07) is 88.5. The molecule has 0 unspecified atom stereocenters. The summed E-state index contributed by atoms with van der Waals surface area (Å²) in [6.07, 6.45) is 4.29. The lowest BCUT2D eigenvalue weighted by Crippen LogP contribution is -2.07. The normalized spacial score (nSPS) is 11.8. The highest BCUT2D eigenvalue weighted by molar-refractivity contribution is 6.22. The molecule has 16 rings (SSSR count). The lowest BCUT2D eigenvalue weighted by atomic mass is 9.97. The summed E-state index contributed by atoms with van der Waals surface area (Å²) in [5.74, 6) is 3.42. The van der Waals surface area contributed by atoms with Gasteiger partial charge in [0, 0.05) is 67.3 Å². The van der Waals surface area contributed by atoms with Gasteiger partial charge in [-0.15, -0.1) is 0 Å². The standard InChI is InChI=1S/C70H44N10/c1-7-23-45(24-8-1)59-57-35-19-21-41-77(57)67-61(59)53-43-51(37-39-55(53)79(67)69-73-63(47-27-11-3-12-28-47)71-64(74-69)48-29-13-4-14-30-48)52-38-40-56-54(44-52)62-60(46-25-9-2-10-26-46)58-36-20-22-42-78(58)68(62)80(56)70-75-65(49-31-15-5-16-32-49)72-66(76-70)50-33-17-6-18-34-50/h1-44H. The van der Waals surface area contributed by atoms with Crippen LogP contribution in [0, 0.1) is 0 Å². The molecule has 8 heterocycles. The summed E-state index contributed by atoms with van der Waals surface area (Å²) < 4.78 is 9.02. The van der Waals surface area contributed by atoms with Crippen LogP contribution in [0.2, 0.25) is 0 Å². The van der Waals surface area contributed by atoms with Crippen LogP contribution in [0.15, 0.2) is 267 Å². The summed E-state index contributed by atoms with van der Waals surface area (Å²) in [4.78, 5) is 31.5. The molecule has 16 aromatic rings. The molecular formula is C70H44N10. The van der Waals surface area contributed by atoms with Gasteiger partial charge < -0.3 is 8.80 Å². The maximum Gasteiger partial charge on any atom is 0.239 e. The molecule has 80 heavy (non-hydrogen) atoms. The zero-order chi connectivity index (χ0) is 52.7. The van der Waals surface area contributed by atoms with Crippen molar-refractivity contribution in [1.82, 2.24) is 47.8 Å². The van der Waals surface area contributed by atoms with Crippen molar-refractivity contribution in [2.45, 2.75) is 0 Å². The van der Waals surface area contributed by atoms with Crippen LogP contribution >= 0.6 is 0 Å². The van der Waals surface area contributed by atoms with Crippen molar-refractivity contribution in [3.05, 3.63) is 267 Å². The van der Waals surface area contributed by atoms with Crippen LogP contribution in [0.5, 0.6) is 0 Å². The molecule has 0 amide bonds. The van der Waals surface area contributed by atoms with E-state index in [1.165, 1.54) is 0 Å². The first-order chi connectivity index (χ1) is 39.7. The SMILES string of the molecule is c1ccc(-c2nc(-c3ccccc3)nc(-n3c4ccc(-c5ccc6c(c5)c5c(-c7ccccc7)c7ccccn7c5n6-c5nc(-c6ccccc6)nc(-c6ccccc6)n5)cc4c4c(-c5ccccc5)c5ccccn5c43)n2)cc1. The summed E-state index contributed by atoms with van der Waals surface area (Å²) >= 11 is 0. The van der Waals surface area contributed by atoms with Gasteiger partial charge >= 0.3 is 0 Å². The van der Waals surface area contributed by atoms with Gasteiger partial charge in [0.25, 0.3) is 0 Å². The Balaban J connectivity index is 0.985. The summed E-state index contributed by atoms with van der Waals surface area (Å²) in [6.45, 7) is 0. The van der Waals surface area contributed by atoms with Crippen molar-refractivity contribution in [2.24, 2.45) is 0 Å². The van der Waals surface area contributed by atoms with E-state index in [-0.39, 0.29) is 0 Å². The minimum absolute atomic E-state index is 0.525. The second-order valence-electron chi connectivity index (χ2n) is 20.0. The molecule has 0 radical (unpaired) electrons. The molecule has 0 bridgehead atoms. The minimum Gasteiger partial charge on any atom is -0.302 e. The monoisotopic (exact) mass is 1020 g/mol. The summed E-state index contributed by atoms with van der Waals surface area (Å²) in [5, 5.41) is 4.33. The average molecular weight is 1030 g/mol. The van der Waals surface area contributed by atoms with Gasteiger partial charge in [0.2, 0.25) is 11.9 Å². The Kier molecular flexibility index (Phi) is 10.3. The van der Waals surface area contributed by atoms with Crippen LogP contribution < -0.4 is 0 Å². The van der Waals surface area contributed by atoms with Crippen LogP contribution in [0.3, 0.4) is 0 Å². The van der Waals surface area contributed by atoms with Crippen molar-refractivity contribution in [3.8, 4) is 90.8 Å². The third-order valence-electron chi connectivity index (χ3n) is 15.3. The molecule has 8 aromatic heterocycles. The Morgan fingerprint density at radius 3 is 0.863 bits per heavy atom. The van der Waals surface area contributed by atoms with Crippen LogP contribution in [0.1, 0.15) is 0 Å². The predicted octanol–water partition coefficient (Wildman–Crippen LogP) is 16.4. The first-order valence-corrected chi connectivity index (χ1v) is 26.7. The lowest BCUT2D eigenvalue weighted by Gasteiger charge is -2.12. The Labute approximate surface area is 458 Å². The number of fused-ring (bicyclic) bond motifs is 10. The van der Waals surface area contributed by atoms with E-state index in [0.717, 1.165) is 111 Å². The molecular weight excluding hydrogens is 981 g/mol. The highest BCUT2D eigenvalue weighted by atomic mass is 15.2. The topological polar surface area (TPSA) is 96.0 Å². The van der Waals surface area contributed by atoms with Gasteiger partial charge in [0.1, 0.15) is 11.3 Å². The van der Waals surface area contributed by atoms with E-state index in [1.54, 1.807) is 0 Å². The number of hydrogen-bond donors (Lipinski definition) is 0. The molecule has 0 spiro atoms. The molecule has 0 fully saturated rings. The Morgan fingerprint density at radius 1 is 0.237 bits per heavy atom.